The van der Waals surface area contributed by atoms with Gasteiger partial charge in [-0.1, -0.05) is 18.2 Å². The summed E-state index contributed by atoms with van der Waals surface area (Å²) in [5, 5.41) is 24.5. The lowest BCUT2D eigenvalue weighted by atomic mass is 10.1. The van der Waals surface area contributed by atoms with Crippen LogP contribution in [0.4, 0.5) is 26.2 Å². The van der Waals surface area contributed by atoms with E-state index in [1.807, 2.05) is 0 Å². The summed E-state index contributed by atoms with van der Waals surface area (Å²) in [6.07, 6.45) is 0. The number of nitrogens with zero attached hydrogens (tertiary/aromatic N) is 1. The zero-order valence-electron chi connectivity index (χ0n) is 12.2. The van der Waals surface area contributed by atoms with Gasteiger partial charge in [-0.3, -0.25) is 10.1 Å². The maximum absolute atomic E-state index is 12.8. The highest BCUT2D eigenvalue weighted by atomic mass is 19.1. The number of non-ortho nitro benzene ring substituents is 1. The van der Waals surface area contributed by atoms with Gasteiger partial charge in [0, 0.05) is 23.4 Å². The largest absolute Gasteiger partial charge is 0.478 e. The van der Waals surface area contributed by atoms with E-state index in [4.69, 9.17) is 5.11 Å². The molecular formula is C15H12FN3O5. The van der Waals surface area contributed by atoms with Gasteiger partial charge in [0.05, 0.1) is 16.2 Å². The first-order valence-electron chi connectivity index (χ1n) is 6.66. The van der Waals surface area contributed by atoms with Crippen molar-refractivity contribution in [2.75, 3.05) is 10.6 Å². The van der Waals surface area contributed by atoms with Crippen molar-refractivity contribution in [1.82, 2.24) is 0 Å². The first-order chi connectivity index (χ1) is 11.4. The number of nitro benzene ring substituents is 1. The number of nitrogens with one attached hydrogen (secondary N) is 2. The lowest BCUT2D eigenvalue weighted by molar-refractivity contribution is -0.384. The molecule has 2 aromatic carbocycles. The van der Waals surface area contributed by atoms with Crippen molar-refractivity contribution in [1.29, 1.82) is 0 Å². The number of alkyl halides is 1. The number of aromatic carboxylic acids is 1. The SMILES string of the molecule is O=C(Nc1ccccc1CF)Nc1ccc([N+](=O)[O-])cc1C(=O)O. The Labute approximate surface area is 135 Å². The zero-order chi connectivity index (χ0) is 17.7. The summed E-state index contributed by atoms with van der Waals surface area (Å²) in [4.78, 5) is 33.1. The molecule has 0 spiro atoms. The number of carbonyl (C=O) groups is 2. The number of hydrogen-bond donors (Lipinski definition) is 3. The summed E-state index contributed by atoms with van der Waals surface area (Å²) in [6.45, 7) is -0.783. The van der Waals surface area contributed by atoms with E-state index in [1.54, 1.807) is 12.1 Å². The summed E-state index contributed by atoms with van der Waals surface area (Å²) in [7, 11) is 0. The number of amides is 2. The highest BCUT2D eigenvalue weighted by Crippen LogP contribution is 2.23. The molecule has 2 rings (SSSR count). The van der Waals surface area contributed by atoms with Gasteiger partial charge in [0.1, 0.15) is 6.67 Å². The van der Waals surface area contributed by atoms with Gasteiger partial charge in [-0.2, -0.15) is 0 Å². The molecule has 0 aliphatic rings. The van der Waals surface area contributed by atoms with Crippen LogP contribution in [0.25, 0.3) is 0 Å². The molecule has 2 aromatic rings. The van der Waals surface area contributed by atoms with Crippen molar-refractivity contribution < 1.29 is 24.0 Å². The fourth-order valence-corrected chi connectivity index (χ4v) is 1.97. The zero-order valence-corrected chi connectivity index (χ0v) is 12.2. The van der Waals surface area contributed by atoms with Crippen LogP contribution >= 0.6 is 0 Å². The number of para-hydroxylation sites is 1. The van der Waals surface area contributed by atoms with Crippen LogP contribution in [0.3, 0.4) is 0 Å². The van der Waals surface area contributed by atoms with E-state index >= 15 is 0 Å². The predicted molar refractivity (Wildman–Crippen MR) is 84.0 cm³/mol. The molecule has 0 unspecified atom stereocenters. The van der Waals surface area contributed by atoms with Crippen molar-refractivity contribution in [3.8, 4) is 0 Å². The van der Waals surface area contributed by atoms with E-state index in [0.29, 0.717) is 0 Å². The van der Waals surface area contributed by atoms with Gasteiger partial charge < -0.3 is 15.7 Å². The number of hydrogen-bond acceptors (Lipinski definition) is 4. The Kier molecular flexibility index (Phi) is 5.05. The van der Waals surface area contributed by atoms with Gasteiger partial charge in [0.2, 0.25) is 0 Å². The number of halogens is 1. The van der Waals surface area contributed by atoms with Crippen LogP contribution < -0.4 is 10.6 Å². The molecule has 0 aliphatic carbocycles. The maximum atomic E-state index is 12.8. The van der Waals surface area contributed by atoms with Crippen LogP contribution in [-0.2, 0) is 6.67 Å². The normalized spacial score (nSPS) is 10.0. The Balaban J connectivity index is 2.22. The third-order valence-electron chi connectivity index (χ3n) is 3.10. The van der Waals surface area contributed by atoms with E-state index in [1.165, 1.54) is 12.1 Å². The second-order valence-corrected chi connectivity index (χ2v) is 4.66. The Morgan fingerprint density at radius 1 is 1.12 bits per heavy atom. The van der Waals surface area contributed by atoms with Crippen LogP contribution in [-0.4, -0.2) is 22.0 Å². The van der Waals surface area contributed by atoms with Crippen molar-refractivity contribution in [3.63, 3.8) is 0 Å². The molecule has 0 radical (unpaired) electrons. The van der Waals surface area contributed by atoms with E-state index in [2.05, 4.69) is 10.6 Å². The van der Waals surface area contributed by atoms with Gasteiger partial charge in [-0.15, -0.1) is 0 Å². The molecule has 0 heterocycles. The van der Waals surface area contributed by atoms with Gasteiger partial charge in [-0.25, -0.2) is 14.0 Å². The molecule has 3 N–H and O–H groups in total. The van der Waals surface area contributed by atoms with Crippen molar-refractivity contribution in [2.24, 2.45) is 0 Å². The topological polar surface area (TPSA) is 122 Å². The molecule has 24 heavy (non-hydrogen) atoms. The van der Waals surface area contributed by atoms with Crippen molar-refractivity contribution >= 4 is 29.1 Å². The molecular weight excluding hydrogens is 321 g/mol. The van der Waals surface area contributed by atoms with Gasteiger partial charge in [0.25, 0.3) is 5.69 Å². The third-order valence-corrected chi connectivity index (χ3v) is 3.10. The Hall–Kier alpha value is -3.49. The van der Waals surface area contributed by atoms with E-state index < -0.39 is 34.8 Å². The Morgan fingerprint density at radius 3 is 2.42 bits per heavy atom. The quantitative estimate of drug-likeness (QED) is 0.572. The molecule has 0 bridgehead atoms. The molecule has 9 heteroatoms. The van der Waals surface area contributed by atoms with Gasteiger partial charge in [0.15, 0.2) is 0 Å². The number of anilines is 2. The molecule has 124 valence electrons. The average molecular weight is 333 g/mol. The smallest absolute Gasteiger partial charge is 0.338 e. The van der Waals surface area contributed by atoms with Crippen molar-refractivity contribution in [3.05, 3.63) is 63.7 Å². The lowest BCUT2D eigenvalue weighted by Crippen LogP contribution is -2.21. The van der Waals surface area contributed by atoms with Crippen LogP contribution in [0.5, 0.6) is 0 Å². The third kappa shape index (κ3) is 3.83. The highest BCUT2D eigenvalue weighted by Gasteiger charge is 2.17. The summed E-state index contributed by atoms with van der Waals surface area (Å²) < 4.78 is 12.8. The number of carbonyl (C=O) groups excluding carboxylic acids is 1. The van der Waals surface area contributed by atoms with Gasteiger partial charge >= 0.3 is 12.0 Å². The second kappa shape index (κ2) is 7.18. The second-order valence-electron chi connectivity index (χ2n) is 4.66. The molecule has 0 saturated carbocycles. The molecule has 2 amide bonds. The molecule has 0 fully saturated rings. The summed E-state index contributed by atoms with van der Waals surface area (Å²) in [6, 6.07) is 8.41. The number of nitro groups is 1. The first kappa shape index (κ1) is 16.9. The average Bonchev–Trinajstić information content (AvgIpc) is 2.55. The fraction of sp³-hybridized carbons (Fsp3) is 0.0667. The Bertz CT molecular complexity index is 809. The van der Waals surface area contributed by atoms with E-state index in [-0.39, 0.29) is 16.9 Å². The van der Waals surface area contributed by atoms with E-state index in [9.17, 15) is 24.1 Å². The highest BCUT2D eigenvalue weighted by molar-refractivity contribution is 6.05. The van der Waals surface area contributed by atoms with E-state index in [0.717, 1.165) is 18.2 Å². The molecule has 0 atom stereocenters. The minimum Gasteiger partial charge on any atom is -0.478 e. The van der Waals surface area contributed by atoms with Crippen LogP contribution in [0.15, 0.2) is 42.5 Å². The first-order valence-corrected chi connectivity index (χ1v) is 6.66. The number of urea groups is 1. The monoisotopic (exact) mass is 333 g/mol. The standard InChI is InChI=1S/C15H12FN3O5/c16-8-9-3-1-2-4-12(9)17-15(22)18-13-6-5-10(19(23)24)7-11(13)14(20)21/h1-7H,8H2,(H,20,21)(H2,17,18,22). The summed E-state index contributed by atoms with van der Waals surface area (Å²) in [5.74, 6) is -1.43. The Morgan fingerprint density at radius 2 is 1.79 bits per heavy atom. The van der Waals surface area contributed by atoms with Crippen LogP contribution in [0.1, 0.15) is 15.9 Å². The number of carboxylic acid groups (broad SMARTS) is 1. The van der Waals surface area contributed by atoms with Gasteiger partial charge in [-0.05, 0) is 12.1 Å². The predicted octanol–water partition coefficient (Wildman–Crippen LogP) is 3.41. The molecule has 0 saturated heterocycles. The van der Waals surface area contributed by atoms with Crippen molar-refractivity contribution in [2.45, 2.75) is 6.67 Å². The number of benzene rings is 2. The maximum Gasteiger partial charge on any atom is 0.338 e. The minimum absolute atomic E-state index is 0.122. The van der Waals surface area contributed by atoms with Crippen LogP contribution in [0.2, 0.25) is 0 Å². The number of carboxylic acids is 1. The van der Waals surface area contributed by atoms with Crippen LogP contribution in [0, 0.1) is 10.1 Å². The minimum atomic E-state index is -1.43. The summed E-state index contributed by atoms with van der Waals surface area (Å²) in [5.41, 5.74) is -0.478. The molecule has 0 aliphatic heterocycles. The molecule has 0 aromatic heterocycles. The summed E-state index contributed by atoms with van der Waals surface area (Å²) >= 11 is 0. The lowest BCUT2D eigenvalue weighted by Gasteiger charge is -2.11. The number of rotatable bonds is 5. The fourth-order valence-electron chi connectivity index (χ4n) is 1.97. The molecule has 8 nitrogen and oxygen atoms in total.